The van der Waals surface area contributed by atoms with Crippen LogP contribution in [-0.2, 0) is 17.6 Å². The fraction of sp³-hybridized carbons (Fsp3) is 0.161. The van der Waals surface area contributed by atoms with Gasteiger partial charge in [-0.1, -0.05) is 60.3 Å². The minimum Gasteiger partial charge on any atom is -0.457 e. The number of carbonyl (C=O) groups excluding carboxylic acids is 1. The van der Waals surface area contributed by atoms with Crippen LogP contribution in [0.2, 0.25) is 0 Å². The van der Waals surface area contributed by atoms with Gasteiger partial charge in [0.05, 0.1) is 23.0 Å². The predicted octanol–water partition coefficient (Wildman–Crippen LogP) is 6.36. The van der Waals surface area contributed by atoms with E-state index in [1.165, 1.54) is 16.6 Å². The van der Waals surface area contributed by atoms with Gasteiger partial charge in [-0.2, -0.15) is 5.10 Å². The highest BCUT2D eigenvalue weighted by molar-refractivity contribution is 7.99. The molecule has 200 valence electrons. The first kappa shape index (κ1) is 26.0. The number of hydrogen-bond donors (Lipinski definition) is 1. The molecule has 1 N–H and O–H groups in total. The molecule has 2 aromatic heterocycles. The lowest BCUT2D eigenvalue weighted by Crippen LogP contribution is -2.24. The van der Waals surface area contributed by atoms with E-state index in [0.29, 0.717) is 10.9 Å². The van der Waals surface area contributed by atoms with Crippen molar-refractivity contribution in [3.63, 3.8) is 0 Å². The molecule has 0 unspecified atom stereocenters. The van der Waals surface area contributed by atoms with Gasteiger partial charge in [0.25, 0.3) is 11.5 Å². The SMILES string of the molecule is O=C(CSc1nc2sc3c(c2c(=O)n1-c1ccccc1)CCCC3)N/N=C\c1cccc(Oc2ccccc2)c1. The van der Waals surface area contributed by atoms with Crippen LogP contribution in [0.4, 0.5) is 0 Å². The van der Waals surface area contributed by atoms with Gasteiger partial charge in [0.1, 0.15) is 16.3 Å². The second-order valence-corrected chi connectivity index (χ2v) is 11.4. The summed E-state index contributed by atoms with van der Waals surface area (Å²) in [5.74, 6) is 1.18. The average Bonchev–Trinajstić information content (AvgIpc) is 3.36. The van der Waals surface area contributed by atoms with Crippen molar-refractivity contribution in [2.75, 3.05) is 5.75 Å². The number of nitrogens with zero attached hydrogens (tertiary/aromatic N) is 3. The van der Waals surface area contributed by atoms with Gasteiger partial charge in [0, 0.05) is 4.88 Å². The van der Waals surface area contributed by atoms with Crippen LogP contribution in [0.25, 0.3) is 15.9 Å². The molecule has 1 amide bonds. The van der Waals surface area contributed by atoms with Gasteiger partial charge in [0.2, 0.25) is 0 Å². The standard InChI is InChI=1S/C31H26N4O3S2/c36-27(34-32-19-21-10-9-15-24(18-21)38-23-13-5-2-6-14-23)20-39-31-33-29-28(25-16-7-8-17-26(25)40-29)30(37)35(31)22-11-3-1-4-12-22/h1-6,9-15,18-19H,7-8,16-17,20H2,(H,34,36)/b32-19-. The summed E-state index contributed by atoms with van der Waals surface area (Å²) < 4.78 is 7.49. The maximum atomic E-state index is 13.8. The number of para-hydroxylation sites is 2. The number of nitrogens with one attached hydrogen (secondary N) is 1. The minimum atomic E-state index is -0.294. The fourth-order valence-corrected chi connectivity index (χ4v) is 6.82. The van der Waals surface area contributed by atoms with Crippen molar-refractivity contribution in [3.05, 3.63) is 111 Å². The van der Waals surface area contributed by atoms with Crippen molar-refractivity contribution < 1.29 is 9.53 Å². The molecule has 7 nitrogen and oxygen atoms in total. The van der Waals surface area contributed by atoms with Crippen molar-refractivity contribution in [2.45, 2.75) is 30.8 Å². The van der Waals surface area contributed by atoms with Crippen LogP contribution in [0.1, 0.15) is 28.8 Å². The lowest BCUT2D eigenvalue weighted by molar-refractivity contribution is -0.118. The Bertz CT molecular complexity index is 1750. The largest absolute Gasteiger partial charge is 0.457 e. The maximum Gasteiger partial charge on any atom is 0.267 e. The number of carbonyl (C=O) groups is 1. The number of benzene rings is 3. The molecule has 0 fully saturated rings. The van der Waals surface area contributed by atoms with Gasteiger partial charge in [-0.25, -0.2) is 10.4 Å². The number of hydrazone groups is 1. The molecular formula is C31H26N4O3S2. The second-order valence-electron chi connectivity index (χ2n) is 9.33. The van der Waals surface area contributed by atoms with Crippen molar-refractivity contribution in [1.82, 2.24) is 15.0 Å². The molecule has 0 atom stereocenters. The van der Waals surface area contributed by atoms with Gasteiger partial charge in [0.15, 0.2) is 5.16 Å². The molecule has 2 heterocycles. The molecule has 5 aromatic rings. The van der Waals surface area contributed by atoms with Crippen LogP contribution < -0.4 is 15.7 Å². The van der Waals surface area contributed by atoms with Gasteiger partial charge in [-0.05, 0) is 73.2 Å². The first-order chi connectivity index (χ1) is 19.7. The molecule has 0 spiro atoms. The van der Waals surface area contributed by atoms with E-state index in [0.717, 1.165) is 58.5 Å². The first-order valence-electron chi connectivity index (χ1n) is 13.1. The third-order valence-corrected chi connectivity index (χ3v) is 8.67. The number of thioether (sulfide) groups is 1. The van der Waals surface area contributed by atoms with Crippen LogP contribution in [0.15, 0.2) is 100.0 Å². The molecule has 0 aliphatic heterocycles. The number of hydrogen-bond acceptors (Lipinski definition) is 7. The van der Waals surface area contributed by atoms with E-state index in [1.54, 1.807) is 22.1 Å². The Kier molecular flexibility index (Phi) is 7.74. The zero-order chi connectivity index (χ0) is 27.3. The summed E-state index contributed by atoms with van der Waals surface area (Å²) in [7, 11) is 0. The molecule has 9 heteroatoms. The molecule has 0 bridgehead atoms. The number of aromatic nitrogens is 2. The maximum absolute atomic E-state index is 13.8. The third-order valence-electron chi connectivity index (χ3n) is 6.54. The van der Waals surface area contributed by atoms with Crippen molar-refractivity contribution in [1.29, 1.82) is 0 Å². The van der Waals surface area contributed by atoms with E-state index >= 15 is 0 Å². The average molecular weight is 567 g/mol. The summed E-state index contributed by atoms with van der Waals surface area (Å²) in [4.78, 5) is 33.4. The third kappa shape index (κ3) is 5.71. The topological polar surface area (TPSA) is 85.6 Å². The number of thiophene rings is 1. The summed E-state index contributed by atoms with van der Waals surface area (Å²) in [5, 5.41) is 5.33. The molecule has 0 saturated carbocycles. The zero-order valence-electron chi connectivity index (χ0n) is 21.6. The first-order valence-corrected chi connectivity index (χ1v) is 14.9. The summed E-state index contributed by atoms with van der Waals surface area (Å²) in [6, 6.07) is 26.4. The number of aryl methyl sites for hydroxylation is 2. The van der Waals surface area contributed by atoms with Crippen LogP contribution in [0.5, 0.6) is 11.5 Å². The highest BCUT2D eigenvalue weighted by Gasteiger charge is 2.23. The van der Waals surface area contributed by atoms with E-state index in [1.807, 2.05) is 84.9 Å². The number of fused-ring (bicyclic) bond motifs is 3. The van der Waals surface area contributed by atoms with Crippen molar-refractivity contribution in [2.24, 2.45) is 5.10 Å². The van der Waals surface area contributed by atoms with Crippen molar-refractivity contribution in [3.8, 4) is 17.2 Å². The van der Waals surface area contributed by atoms with Gasteiger partial charge in [-0.3, -0.25) is 14.2 Å². The summed E-state index contributed by atoms with van der Waals surface area (Å²) in [5.41, 5.74) is 5.17. The van der Waals surface area contributed by atoms with Crippen LogP contribution in [-0.4, -0.2) is 27.4 Å². The van der Waals surface area contributed by atoms with Gasteiger partial charge in [-0.15, -0.1) is 11.3 Å². The zero-order valence-corrected chi connectivity index (χ0v) is 23.2. The Balaban J connectivity index is 1.18. The van der Waals surface area contributed by atoms with E-state index < -0.39 is 0 Å². The molecule has 6 rings (SSSR count). The Labute approximate surface area is 239 Å². The second kappa shape index (κ2) is 11.9. The summed E-state index contributed by atoms with van der Waals surface area (Å²) >= 11 is 2.83. The van der Waals surface area contributed by atoms with E-state index in [4.69, 9.17) is 9.72 Å². The Morgan fingerprint density at radius 1 is 1.00 bits per heavy atom. The fourth-order valence-electron chi connectivity index (χ4n) is 4.71. The molecule has 3 aromatic carbocycles. The molecular weight excluding hydrogens is 541 g/mol. The highest BCUT2D eigenvalue weighted by atomic mass is 32.2. The lowest BCUT2D eigenvalue weighted by Gasteiger charge is -2.13. The Hall–Kier alpha value is -4.21. The van der Waals surface area contributed by atoms with E-state index in [2.05, 4.69) is 10.5 Å². The summed E-state index contributed by atoms with van der Waals surface area (Å²) in [6.07, 6.45) is 5.70. The number of rotatable bonds is 8. The number of ether oxygens (including phenoxy) is 1. The Morgan fingerprint density at radius 2 is 1.75 bits per heavy atom. The molecule has 1 aliphatic carbocycles. The van der Waals surface area contributed by atoms with Crippen LogP contribution >= 0.6 is 23.1 Å². The normalized spacial score (nSPS) is 12.9. The van der Waals surface area contributed by atoms with Gasteiger partial charge >= 0.3 is 0 Å². The van der Waals surface area contributed by atoms with Crippen LogP contribution in [0.3, 0.4) is 0 Å². The molecule has 40 heavy (non-hydrogen) atoms. The monoisotopic (exact) mass is 566 g/mol. The number of amides is 1. The van der Waals surface area contributed by atoms with E-state index in [-0.39, 0.29) is 17.2 Å². The summed E-state index contributed by atoms with van der Waals surface area (Å²) in [6.45, 7) is 0. The lowest BCUT2D eigenvalue weighted by atomic mass is 9.97. The minimum absolute atomic E-state index is 0.0599. The predicted molar refractivity (Wildman–Crippen MR) is 161 cm³/mol. The molecule has 1 aliphatic rings. The Morgan fingerprint density at radius 3 is 2.58 bits per heavy atom. The smallest absolute Gasteiger partial charge is 0.267 e. The quantitative estimate of drug-likeness (QED) is 0.102. The van der Waals surface area contributed by atoms with Crippen LogP contribution in [0, 0.1) is 0 Å². The molecule has 0 saturated heterocycles. The molecule has 0 radical (unpaired) electrons. The van der Waals surface area contributed by atoms with Gasteiger partial charge < -0.3 is 4.74 Å². The highest BCUT2D eigenvalue weighted by Crippen LogP contribution is 2.35. The van der Waals surface area contributed by atoms with E-state index in [9.17, 15) is 9.59 Å². The van der Waals surface area contributed by atoms with Crippen molar-refractivity contribution >= 4 is 45.4 Å².